The molecule has 0 spiro atoms. The zero-order chi connectivity index (χ0) is 14.9. The monoisotopic (exact) mass is 283 g/mol. The molecule has 2 rings (SSSR count). The number of nitrogens with zero attached hydrogens (tertiary/aromatic N) is 1. The number of amides is 1. The highest BCUT2D eigenvalue weighted by molar-refractivity contribution is 5.88. The summed E-state index contributed by atoms with van der Waals surface area (Å²) in [5, 5.41) is 0. The Bertz CT molecular complexity index is 547. The molecule has 1 aromatic carbocycles. The molecule has 0 aromatic heterocycles. The lowest BCUT2D eigenvalue weighted by molar-refractivity contribution is -0.150. The number of ether oxygens (including phenoxy) is 1. The molecule has 0 saturated carbocycles. The van der Waals surface area contributed by atoms with Gasteiger partial charge in [-0.15, -0.1) is 0 Å². The van der Waals surface area contributed by atoms with Crippen LogP contribution in [-0.2, 0) is 14.3 Å². The number of benzene rings is 1. The van der Waals surface area contributed by atoms with Gasteiger partial charge in [-0.1, -0.05) is 6.07 Å². The number of esters is 1. The van der Waals surface area contributed by atoms with Crippen LogP contribution in [0.5, 0.6) is 0 Å². The van der Waals surface area contributed by atoms with Gasteiger partial charge in [-0.25, -0.2) is 13.6 Å². The highest BCUT2D eigenvalue weighted by Gasteiger charge is 2.40. The zero-order valence-electron chi connectivity index (χ0n) is 11.2. The fraction of sp³-hybridized carbons (Fsp3) is 0.429. The highest BCUT2D eigenvalue weighted by atomic mass is 19.2. The Labute approximate surface area is 115 Å². The number of hydrogen-bond acceptors (Lipinski definition) is 3. The lowest BCUT2D eigenvalue weighted by Crippen LogP contribution is -2.40. The van der Waals surface area contributed by atoms with Crippen molar-refractivity contribution >= 4 is 11.9 Å². The minimum atomic E-state index is -0.976. The Morgan fingerprint density at radius 3 is 2.70 bits per heavy atom. The normalized spacial score (nSPS) is 20.1. The lowest BCUT2D eigenvalue weighted by Gasteiger charge is -2.29. The third-order valence-electron chi connectivity index (χ3n) is 3.57. The van der Waals surface area contributed by atoms with Crippen LogP contribution >= 0.6 is 0 Å². The second-order valence-corrected chi connectivity index (χ2v) is 4.73. The number of hydrogen-bond donors (Lipinski definition) is 0. The van der Waals surface area contributed by atoms with Gasteiger partial charge in [0.05, 0.1) is 13.2 Å². The molecule has 0 bridgehead atoms. The number of halogens is 2. The fourth-order valence-corrected chi connectivity index (χ4v) is 2.49. The number of likely N-dealkylation sites (tertiary alicyclic amines) is 1. The van der Waals surface area contributed by atoms with E-state index in [1.54, 1.807) is 6.92 Å². The molecule has 1 aromatic rings. The summed E-state index contributed by atoms with van der Waals surface area (Å²) in [6, 6.07) is 2.26. The minimum Gasteiger partial charge on any atom is -0.467 e. The summed E-state index contributed by atoms with van der Waals surface area (Å²) >= 11 is 0. The molecular formula is C14H15F2NO3. The summed E-state index contributed by atoms with van der Waals surface area (Å²) in [6.45, 7) is 1.67. The molecule has 1 fully saturated rings. The summed E-state index contributed by atoms with van der Waals surface area (Å²) in [5.41, 5.74) is 0.438. The SMILES string of the molecule is COC(=O)C1CCC(=O)N1C(C)c1ccc(F)c(F)c1. The molecule has 6 heteroatoms. The zero-order valence-corrected chi connectivity index (χ0v) is 11.2. The fourth-order valence-electron chi connectivity index (χ4n) is 2.49. The summed E-state index contributed by atoms with van der Waals surface area (Å²) in [6.07, 6.45) is 0.618. The standard InChI is InChI=1S/C14H15F2NO3/c1-8(9-3-4-10(15)11(16)7-9)17-12(14(19)20-2)5-6-13(17)18/h3-4,7-8,12H,5-6H2,1-2H3. The molecule has 2 atom stereocenters. The summed E-state index contributed by atoms with van der Waals surface area (Å²) in [4.78, 5) is 25.0. The van der Waals surface area contributed by atoms with E-state index in [2.05, 4.69) is 4.74 Å². The van der Waals surface area contributed by atoms with Gasteiger partial charge in [0.15, 0.2) is 11.6 Å². The van der Waals surface area contributed by atoms with E-state index in [1.165, 1.54) is 18.1 Å². The number of methoxy groups -OCH3 is 1. The molecule has 4 nitrogen and oxygen atoms in total. The minimum absolute atomic E-state index is 0.197. The molecule has 20 heavy (non-hydrogen) atoms. The Kier molecular flexibility index (Phi) is 4.01. The van der Waals surface area contributed by atoms with Crippen molar-refractivity contribution in [1.82, 2.24) is 4.90 Å². The van der Waals surface area contributed by atoms with Crippen molar-refractivity contribution in [3.63, 3.8) is 0 Å². The van der Waals surface area contributed by atoms with Crippen molar-refractivity contribution in [3.05, 3.63) is 35.4 Å². The van der Waals surface area contributed by atoms with Crippen LogP contribution in [0.4, 0.5) is 8.78 Å². The maximum absolute atomic E-state index is 13.3. The largest absolute Gasteiger partial charge is 0.467 e. The highest BCUT2D eigenvalue weighted by Crippen LogP contribution is 2.31. The summed E-state index contributed by atoms with van der Waals surface area (Å²) < 4.78 is 30.9. The maximum Gasteiger partial charge on any atom is 0.328 e. The van der Waals surface area contributed by atoms with E-state index in [4.69, 9.17) is 0 Å². The molecule has 1 heterocycles. The van der Waals surface area contributed by atoms with Crippen LogP contribution in [0.15, 0.2) is 18.2 Å². The molecule has 1 aliphatic heterocycles. The van der Waals surface area contributed by atoms with Crippen molar-refractivity contribution in [2.75, 3.05) is 7.11 Å². The van der Waals surface area contributed by atoms with Crippen molar-refractivity contribution in [1.29, 1.82) is 0 Å². The lowest BCUT2D eigenvalue weighted by atomic mass is 10.1. The van der Waals surface area contributed by atoms with E-state index in [1.807, 2.05) is 0 Å². The van der Waals surface area contributed by atoms with Gasteiger partial charge in [0, 0.05) is 6.42 Å². The van der Waals surface area contributed by atoms with Gasteiger partial charge in [0.1, 0.15) is 6.04 Å². The molecule has 2 unspecified atom stereocenters. The van der Waals surface area contributed by atoms with Crippen LogP contribution in [0, 0.1) is 11.6 Å². The number of carbonyl (C=O) groups is 2. The molecule has 0 radical (unpaired) electrons. The summed E-state index contributed by atoms with van der Waals surface area (Å²) in [5.74, 6) is -2.61. The Hall–Kier alpha value is -1.98. The van der Waals surface area contributed by atoms with Crippen molar-refractivity contribution < 1.29 is 23.1 Å². The quantitative estimate of drug-likeness (QED) is 0.799. The van der Waals surface area contributed by atoms with Gasteiger partial charge in [-0.3, -0.25) is 4.79 Å². The van der Waals surface area contributed by atoms with Gasteiger partial charge in [-0.05, 0) is 31.0 Å². The molecule has 0 N–H and O–H groups in total. The smallest absolute Gasteiger partial charge is 0.328 e. The van der Waals surface area contributed by atoms with Gasteiger partial charge in [0.2, 0.25) is 5.91 Å². The second kappa shape index (κ2) is 5.56. The first-order valence-corrected chi connectivity index (χ1v) is 6.29. The van der Waals surface area contributed by atoms with Crippen LogP contribution in [0.1, 0.15) is 31.4 Å². The molecule has 0 aliphatic carbocycles. The van der Waals surface area contributed by atoms with Crippen molar-refractivity contribution in [2.24, 2.45) is 0 Å². The Morgan fingerprint density at radius 1 is 1.40 bits per heavy atom. The average molecular weight is 283 g/mol. The third-order valence-corrected chi connectivity index (χ3v) is 3.57. The van der Waals surface area contributed by atoms with E-state index in [0.717, 1.165) is 12.1 Å². The van der Waals surface area contributed by atoms with E-state index < -0.39 is 29.7 Å². The first kappa shape index (κ1) is 14.4. The van der Waals surface area contributed by atoms with E-state index in [9.17, 15) is 18.4 Å². The van der Waals surface area contributed by atoms with Crippen LogP contribution in [-0.4, -0.2) is 29.9 Å². The molecule has 1 amide bonds. The van der Waals surface area contributed by atoms with Crippen LogP contribution < -0.4 is 0 Å². The third kappa shape index (κ3) is 2.50. The summed E-state index contributed by atoms with van der Waals surface area (Å²) in [7, 11) is 1.26. The Balaban J connectivity index is 2.29. The molecule has 1 aliphatic rings. The average Bonchev–Trinajstić information content (AvgIpc) is 2.82. The van der Waals surface area contributed by atoms with Gasteiger partial charge in [0.25, 0.3) is 0 Å². The van der Waals surface area contributed by atoms with Gasteiger partial charge < -0.3 is 9.64 Å². The van der Waals surface area contributed by atoms with E-state index in [-0.39, 0.29) is 12.3 Å². The topological polar surface area (TPSA) is 46.6 Å². The van der Waals surface area contributed by atoms with E-state index >= 15 is 0 Å². The Morgan fingerprint density at radius 2 is 2.10 bits per heavy atom. The molecular weight excluding hydrogens is 268 g/mol. The van der Waals surface area contributed by atoms with Crippen LogP contribution in [0.2, 0.25) is 0 Å². The van der Waals surface area contributed by atoms with Crippen molar-refractivity contribution in [2.45, 2.75) is 31.8 Å². The van der Waals surface area contributed by atoms with Gasteiger partial charge >= 0.3 is 5.97 Å². The molecule has 108 valence electrons. The van der Waals surface area contributed by atoms with Crippen LogP contribution in [0.3, 0.4) is 0 Å². The predicted molar refractivity (Wildman–Crippen MR) is 66.7 cm³/mol. The first-order chi connectivity index (χ1) is 9.45. The van der Waals surface area contributed by atoms with E-state index in [0.29, 0.717) is 12.0 Å². The maximum atomic E-state index is 13.3. The number of carbonyl (C=O) groups excluding carboxylic acids is 2. The second-order valence-electron chi connectivity index (χ2n) is 4.73. The predicted octanol–water partition coefficient (Wildman–Crippen LogP) is 2.19. The first-order valence-electron chi connectivity index (χ1n) is 6.29. The van der Waals surface area contributed by atoms with Crippen LogP contribution in [0.25, 0.3) is 0 Å². The van der Waals surface area contributed by atoms with Crippen molar-refractivity contribution in [3.8, 4) is 0 Å². The molecule has 1 saturated heterocycles. The number of rotatable bonds is 3. The van der Waals surface area contributed by atoms with Gasteiger partial charge in [-0.2, -0.15) is 0 Å².